The van der Waals surface area contributed by atoms with E-state index in [4.69, 9.17) is 10.8 Å². The van der Waals surface area contributed by atoms with Crippen molar-refractivity contribution in [2.45, 2.75) is 38.6 Å². The molecule has 0 aliphatic carbocycles. The molecule has 1 heterocycles. The molecule has 6 nitrogen and oxygen atoms in total. The summed E-state index contributed by atoms with van der Waals surface area (Å²) in [4.78, 5) is 25.6. The van der Waals surface area contributed by atoms with E-state index in [0.29, 0.717) is 11.6 Å². The summed E-state index contributed by atoms with van der Waals surface area (Å²) >= 11 is 1.39. The van der Waals surface area contributed by atoms with E-state index in [1.165, 1.54) is 11.3 Å². The molecular weight excluding hydrogens is 254 g/mol. The molecule has 0 aromatic carbocycles. The molecule has 1 rings (SSSR count). The van der Waals surface area contributed by atoms with Crippen LogP contribution in [0.1, 0.15) is 32.4 Å². The van der Waals surface area contributed by atoms with Gasteiger partial charge in [0.2, 0.25) is 5.91 Å². The summed E-state index contributed by atoms with van der Waals surface area (Å²) in [6, 6.07) is 0. The minimum Gasteiger partial charge on any atom is -0.481 e. The van der Waals surface area contributed by atoms with E-state index >= 15 is 0 Å². The number of anilines is 1. The van der Waals surface area contributed by atoms with E-state index in [-0.39, 0.29) is 18.7 Å². The molecular formula is C11H17N3O3S. The maximum atomic E-state index is 10.9. The number of carbonyl (C=O) groups excluding carboxylic acids is 1. The maximum absolute atomic E-state index is 10.9. The number of carbonyl (C=O) groups is 2. The van der Waals surface area contributed by atoms with Gasteiger partial charge in [0.1, 0.15) is 0 Å². The molecule has 0 saturated carbocycles. The standard InChI is InChI=1S/C11H17N3O3S/c1-11(2,5-8(12)15)14-10-13-7(6-18-10)3-4-9(16)17/h6H,3-5H2,1-2H3,(H2,12,15)(H,13,14)(H,16,17). The Hall–Kier alpha value is -1.63. The number of thiazole rings is 1. The van der Waals surface area contributed by atoms with Gasteiger partial charge in [0.05, 0.1) is 12.1 Å². The van der Waals surface area contributed by atoms with Crippen LogP contribution >= 0.6 is 11.3 Å². The minimum atomic E-state index is -0.841. The molecule has 100 valence electrons. The zero-order valence-corrected chi connectivity index (χ0v) is 11.2. The Morgan fingerprint density at radius 3 is 2.78 bits per heavy atom. The third-order valence-corrected chi connectivity index (χ3v) is 3.01. The SMILES string of the molecule is CC(C)(CC(N)=O)Nc1nc(CCC(=O)O)cs1. The fourth-order valence-electron chi connectivity index (χ4n) is 1.48. The smallest absolute Gasteiger partial charge is 0.303 e. The average molecular weight is 271 g/mol. The normalized spacial score (nSPS) is 11.2. The first kappa shape index (κ1) is 14.4. The molecule has 0 bridgehead atoms. The van der Waals surface area contributed by atoms with Crippen LogP contribution in [-0.4, -0.2) is 27.5 Å². The summed E-state index contributed by atoms with van der Waals surface area (Å²) in [5, 5.41) is 14.2. The van der Waals surface area contributed by atoms with Crippen LogP contribution in [0, 0.1) is 0 Å². The number of nitrogens with zero attached hydrogens (tertiary/aromatic N) is 1. The van der Waals surface area contributed by atoms with Gasteiger partial charge in [-0.3, -0.25) is 9.59 Å². The highest BCUT2D eigenvalue weighted by Crippen LogP contribution is 2.22. The van der Waals surface area contributed by atoms with Gasteiger partial charge < -0.3 is 16.2 Å². The molecule has 0 unspecified atom stereocenters. The molecule has 0 radical (unpaired) electrons. The Morgan fingerprint density at radius 1 is 1.56 bits per heavy atom. The maximum Gasteiger partial charge on any atom is 0.303 e. The third kappa shape index (κ3) is 5.13. The summed E-state index contributed by atoms with van der Waals surface area (Å²) in [5.74, 6) is -1.22. The van der Waals surface area contributed by atoms with Crippen LogP contribution in [0.4, 0.5) is 5.13 Å². The van der Waals surface area contributed by atoms with Crippen molar-refractivity contribution >= 4 is 28.3 Å². The van der Waals surface area contributed by atoms with E-state index in [0.717, 1.165) is 5.69 Å². The minimum absolute atomic E-state index is 0.0633. The number of nitrogens with two attached hydrogens (primary N) is 1. The molecule has 0 atom stereocenters. The van der Waals surface area contributed by atoms with Gasteiger partial charge in [-0.15, -0.1) is 11.3 Å². The second-order valence-electron chi connectivity index (χ2n) is 4.69. The lowest BCUT2D eigenvalue weighted by molar-refractivity contribution is -0.137. The van der Waals surface area contributed by atoms with Crippen molar-refractivity contribution in [1.29, 1.82) is 0 Å². The van der Waals surface area contributed by atoms with Crippen LogP contribution in [0.15, 0.2) is 5.38 Å². The van der Waals surface area contributed by atoms with Gasteiger partial charge in [0, 0.05) is 23.8 Å². The van der Waals surface area contributed by atoms with Crippen molar-refractivity contribution in [2.75, 3.05) is 5.32 Å². The number of hydrogen-bond acceptors (Lipinski definition) is 5. The predicted octanol–water partition coefficient (Wildman–Crippen LogP) is 1.23. The Balaban J connectivity index is 2.57. The lowest BCUT2D eigenvalue weighted by Gasteiger charge is -2.24. The number of nitrogens with one attached hydrogen (secondary N) is 1. The highest BCUT2D eigenvalue weighted by molar-refractivity contribution is 7.13. The lowest BCUT2D eigenvalue weighted by Crippen LogP contribution is -2.35. The van der Waals surface area contributed by atoms with Crippen LogP contribution in [0.2, 0.25) is 0 Å². The van der Waals surface area contributed by atoms with Crippen LogP contribution in [0.3, 0.4) is 0 Å². The Morgan fingerprint density at radius 2 is 2.22 bits per heavy atom. The number of aliphatic carboxylic acids is 1. The number of amides is 1. The number of hydrogen-bond donors (Lipinski definition) is 3. The summed E-state index contributed by atoms with van der Waals surface area (Å²) in [6.07, 6.45) is 0.675. The summed E-state index contributed by atoms with van der Waals surface area (Å²) in [6.45, 7) is 3.71. The third-order valence-electron chi connectivity index (χ3n) is 2.21. The van der Waals surface area contributed by atoms with Crippen molar-refractivity contribution < 1.29 is 14.7 Å². The highest BCUT2D eigenvalue weighted by Gasteiger charge is 2.21. The topological polar surface area (TPSA) is 105 Å². The summed E-state index contributed by atoms with van der Waals surface area (Å²) in [7, 11) is 0. The van der Waals surface area contributed by atoms with Crippen molar-refractivity contribution in [1.82, 2.24) is 4.98 Å². The first-order valence-electron chi connectivity index (χ1n) is 5.51. The van der Waals surface area contributed by atoms with Gasteiger partial charge in [-0.05, 0) is 13.8 Å². The quantitative estimate of drug-likeness (QED) is 0.691. The van der Waals surface area contributed by atoms with Gasteiger partial charge in [-0.1, -0.05) is 0 Å². The second kappa shape index (κ2) is 5.81. The van der Waals surface area contributed by atoms with Gasteiger partial charge >= 0.3 is 5.97 Å². The van der Waals surface area contributed by atoms with Gasteiger partial charge in [-0.2, -0.15) is 0 Å². The molecule has 0 aliphatic heterocycles. The number of aromatic nitrogens is 1. The number of primary amides is 1. The van der Waals surface area contributed by atoms with Crippen LogP contribution in [0.5, 0.6) is 0 Å². The zero-order valence-electron chi connectivity index (χ0n) is 10.4. The van der Waals surface area contributed by atoms with E-state index in [1.807, 2.05) is 19.2 Å². The first-order valence-corrected chi connectivity index (χ1v) is 6.39. The monoisotopic (exact) mass is 271 g/mol. The predicted molar refractivity (Wildman–Crippen MR) is 69.6 cm³/mol. The van der Waals surface area contributed by atoms with Crippen LogP contribution < -0.4 is 11.1 Å². The number of carboxylic acid groups (broad SMARTS) is 1. The molecule has 4 N–H and O–H groups in total. The molecule has 0 aliphatic rings. The molecule has 0 spiro atoms. The van der Waals surface area contributed by atoms with E-state index in [2.05, 4.69) is 10.3 Å². The molecule has 0 fully saturated rings. The molecule has 1 aromatic rings. The Bertz CT molecular complexity index is 442. The van der Waals surface area contributed by atoms with Crippen molar-refractivity contribution in [3.05, 3.63) is 11.1 Å². The second-order valence-corrected chi connectivity index (χ2v) is 5.55. The van der Waals surface area contributed by atoms with Crippen molar-refractivity contribution in [3.8, 4) is 0 Å². The highest BCUT2D eigenvalue weighted by atomic mass is 32.1. The van der Waals surface area contributed by atoms with Gasteiger partial charge in [0.15, 0.2) is 5.13 Å². The number of carboxylic acids is 1. The summed E-state index contributed by atoms with van der Waals surface area (Å²) in [5.41, 5.74) is 5.43. The first-order chi connectivity index (χ1) is 8.28. The fourth-order valence-corrected chi connectivity index (χ4v) is 2.41. The van der Waals surface area contributed by atoms with Crippen molar-refractivity contribution in [3.63, 3.8) is 0 Å². The zero-order chi connectivity index (χ0) is 13.8. The van der Waals surface area contributed by atoms with E-state index in [9.17, 15) is 9.59 Å². The summed E-state index contributed by atoms with van der Waals surface area (Å²) < 4.78 is 0. The van der Waals surface area contributed by atoms with Crippen molar-refractivity contribution in [2.24, 2.45) is 5.73 Å². The van der Waals surface area contributed by atoms with Crippen LogP contribution in [-0.2, 0) is 16.0 Å². The lowest BCUT2D eigenvalue weighted by atomic mass is 10.0. The fraction of sp³-hybridized carbons (Fsp3) is 0.545. The van der Waals surface area contributed by atoms with E-state index < -0.39 is 11.5 Å². The Labute approximate surface area is 109 Å². The molecule has 1 aromatic heterocycles. The van der Waals surface area contributed by atoms with Gasteiger partial charge in [0.25, 0.3) is 0 Å². The molecule has 18 heavy (non-hydrogen) atoms. The van der Waals surface area contributed by atoms with Gasteiger partial charge in [-0.25, -0.2) is 4.98 Å². The number of rotatable bonds is 7. The molecule has 1 amide bonds. The average Bonchev–Trinajstić information content (AvgIpc) is 2.59. The molecule has 0 saturated heterocycles. The Kier molecular flexibility index (Phi) is 4.66. The number of aryl methyl sites for hydroxylation is 1. The molecule has 7 heteroatoms. The van der Waals surface area contributed by atoms with E-state index in [1.54, 1.807) is 0 Å². The van der Waals surface area contributed by atoms with Crippen LogP contribution in [0.25, 0.3) is 0 Å². The largest absolute Gasteiger partial charge is 0.481 e.